The highest BCUT2D eigenvalue weighted by Crippen LogP contribution is 2.26. The summed E-state index contributed by atoms with van der Waals surface area (Å²) in [6, 6.07) is 6.02. The van der Waals surface area contributed by atoms with E-state index in [1.54, 1.807) is 0 Å². The lowest BCUT2D eigenvalue weighted by atomic mass is 10.2. The van der Waals surface area contributed by atoms with Crippen LogP contribution in [0, 0.1) is 6.92 Å². The van der Waals surface area contributed by atoms with Gasteiger partial charge in [0.2, 0.25) is 5.91 Å². The number of H-pyrrole nitrogens is 1. The van der Waals surface area contributed by atoms with E-state index in [1.165, 1.54) is 11.8 Å². The molecule has 3 aromatic rings. The fourth-order valence-corrected chi connectivity index (χ4v) is 3.49. The highest BCUT2D eigenvalue weighted by atomic mass is 32.2. The summed E-state index contributed by atoms with van der Waals surface area (Å²) in [5.41, 5.74) is 3.03. The molecule has 0 radical (unpaired) electrons. The average Bonchev–Trinajstić information content (AvgIpc) is 3.36. The summed E-state index contributed by atoms with van der Waals surface area (Å²) in [7, 11) is 0. The highest BCUT2D eigenvalue weighted by molar-refractivity contribution is 7.99. The molecule has 0 aliphatic carbocycles. The van der Waals surface area contributed by atoms with Gasteiger partial charge >= 0.3 is 0 Å². The van der Waals surface area contributed by atoms with Gasteiger partial charge < -0.3 is 19.6 Å². The molecule has 0 unspecified atom stereocenters. The molecule has 0 saturated carbocycles. The van der Waals surface area contributed by atoms with Gasteiger partial charge in [0.25, 0.3) is 5.89 Å². The quantitative estimate of drug-likeness (QED) is 0.640. The minimum atomic E-state index is -0.116. The fraction of sp³-hybridized carbons (Fsp3) is 0.412. The van der Waals surface area contributed by atoms with Gasteiger partial charge in [0, 0.05) is 6.61 Å². The molecule has 136 valence electrons. The van der Waals surface area contributed by atoms with E-state index >= 15 is 0 Å². The number of thioether (sulfide) groups is 1. The van der Waals surface area contributed by atoms with E-state index in [4.69, 9.17) is 9.26 Å². The number of hydrogen-bond acceptors (Lipinski definition) is 7. The standard InChI is InChI=1S/C17H19N5O3S/c1-10-4-5-11-12(7-10)20-17(19-11)26-9-15(23)18-8-14-21-16(25-22-14)13-3-2-6-24-13/h4-5,7,13H,2-3,6,8-9H2,1H3,(H,18,23)(H,19,20)/t13-/m0/s1. The number of benzene rings is 1. The average molecular weight is 373 g/mol. The largest absolute Gasteiger partial charge is 0.368 e. The number of amides is 1. The number of rotatable bonds is 6. The van der Waals surface area contributed by atoms with Gasteiger partial charge in [-0.15, -0.1) is 0 Å². The molecule has 1 aromatic carbocycles. The maximum Gasteiger partial charge on any atom is 0.255 e. The van der Waals surface area contributed by atoms with Crippen LogP contribution in [0.5, 0.6) is 0 Å². The SMILES string of the molecule is Cc1ccc2nc(SCC(=O)NCc3noc([C@@H]4CCCO4)n3)[nH]c2c1. The first kappa shape index (κ1) is 17.0. The second-order valence-electron chi connectivity index (χ2n) is 6.18. The number of carbonyl (C=O) groups excluding carboxylic acids is 1. The molecule has 1 atom stereocenters. The Morgan fingerprint density at radius 2 is 2.35 bits per heavy atom. The predicted molar refractivity (Wildman–Crippen MR) is 95.6 cm³/mol. The predicted octanol–water partition coefficient (Wildman–Crippen LogP) is 2.51. The lowest BCUT2D eigenvalue weighted by molar-refractivity contribution is -0.118. The lowest BCUT2D eigenvalue weighted by Crippen LogP contribution is -2.25. The first-order valence-electron chi connectivity index (χ1n) is 8.47. The zero-order valence-corrected chi connectivity index (χ0v) is 15.1. The lowest BCUT2D eigenvalue weighted by Gasteiger charge is -2.01. The monoisotopic (exact) mass is 373 g/mol. The van der Waals surface area contributed by atoms with Gasteiger partial charge in [0.15, 0.2) is 11.0 Å². The maximum atomic E-state index is 12.0. The number of fused-ring (bicyclic) bond motifs is 1. The summed E-state index contributed by atoms with van der Waals surface area (Å²) >= 11 is 1.36. The topological polar surface area (TPSA) is 106 Å². The molecule has 8 nitrogen and oxygen atoms in total. The van der Waals surface area contributed by atoms with Crippen molar-refractivity contribution in [2.45, 2.75) is 37.6 Å². The molecular weight excluding hydrogens is 354 g/mol. The minimum Gasteiger partial charge on any atom is -0.368 e. The van der Waals surface area contributed by atoms with E-state index in [1.807, 2.05) is 25.1 Å². The van der Waals surface area contributed by atoms with Crippen molar-refractivity contribution >= 4 is 28.7 Å². The van der Waals surface area contributed by atoms with Gasteiger partial charge in [-0.05, 0) is 37.5 Å². The van der Waals surface area contributed by atoms with E-state index < -0.39 is 0 Å². The highest BCUT2D eigenvalue weighted by Gasteiger charge is 2.23. The van der Waals surface area contributed by atoms with Crippen molar-refractivity contribution < 1.29 is 14.1 Å². The molecule has 26 heavy (non-hydrogen) atoms. The zero-order valence-electron chi connectivity index (χ0n) is 14.3. The summed E-state index contributed by atoms with van der Waals surface area (Å²) in [5.74, 6) is 1.08. The number of aromatic nitrogens is 4. The molecular formula is C17H19N5O3S. The molecule has 1 saturated heterocycles. The van der Waals surface area contributed by atoms with Crippen molar-refractivity contribution in [1.29, 1.82) is 0 Å². The second kappa shape index (κ2) is 7.46. The van der Waals surface area contributed by atoms with Gasteiger partial charge in [-0.1, -0.05) is 23.0 Å². The van der Waals surface area contributed by atoms with E-state index in [9.17, 15) is 4.79 Å². The van der Waals surface area contributed by atoms with Crippen LogP contribution in [0.25, 0.3) is 11.0 Å². The molecule has 1 amide bonds. The summed E-state index contributed by atoms with van der Waals surface area (Å²) in [6.07, 6.45) is 1.78. The Bertz CT molecular complexity index is 916. The molecule has 1 aliphatic heterocycles. The minimum absolute atomic E-state index is 0.112. The summed E-state index contributed by atoms with van der Waals surface area (Å²) in [6.45, 7) is 2.98. The number of nitrogens with zero attached hydrogens (tertiary/aromatic N) is 3. The van der Waals surface area contributed by atoms with E-state index in [0.29, 0.717) is 11.7 Å². The molecule has 0 bridgehead atoms. The van der Waals surface area contributed by atoms with Crippen LogP contribution >= 0.6 is 11.8 Å². The number of imidazole rings is 1. The van der Waals surface area contributed by atoms with Gasteiger partial charge in [-0.3, -0.25) is 4.79 Å². The van der Waals surface area contributed by atoms with E-state index in [0.717, 1.165) is 41.2 Å². The molecule has 1 fully saturated rings. The van der Waals surface area contributed by atoms with E-state index in [2.05, 4.69) is 25.4 Å². The Morgan fingerprint density at radius 1 is 1.42 bits per heavy atom. The summed E-state index contributed by atoms with van der Waals surface area (Å²) in [4.78, 5) is 24.0. The Hall–Kier alpha value is -2.39. The number of ether oxygens (including phenoxy) is 1. The van der Waals surface area contributed by atoms with Crippen LogP contribution in [0.1, 0.15) is 36.2 Å². The van der Waals surface area contributed by atoms with Crippen molar-refractivity contribution in [3.05, 3.63) is 35.5 Å². The summed E-state index contributed by atoms with van der Waals surface area (Å²) < 4.78 is 10.7. The molecule has 2 aromatic heterocycles. The van der Waals surface area contributed by atoms with Crippen LogP contribution in [0.3, 0.4) is 0 Å². The van der Waals surface area contributed by atoms with Crippen LogP contribution in [0.2, 0.25) is 0 Å². The maximum absolute atomic E-state index is 12.0. The number of aryl methyl sites for hydroxylation is 1. The van der Waals surface area contributed by atoms with Crippen LogP contribution in [-0.2, 0) is 16.1 Å². The van der Waals surface area contributed by atoms with Crippen molar-refractivity contribution in [2.75, 3.05) is 12.4 Å². The number of aromatic amines is 1. The van der Waals surface area contributed by atoms with Crippen LogP contribution < -0.4 is 5.32 Å². The number of hydrogen-bond donors (Lipinski definition) is 2. The molecule has 0 spiro atoms. The molecule has 2 N–H and O–H groups in total. The van der Waals surface area contributed by atoms with Crippen molar-refractivity contribution in [2.24, 2.45) is 0 Å². The fourth-order valence-electron chi connectivity index (χ4n) is 2.77. The Morgan fingerprint density at radius 3 is 3.19 bits per heavy atom. The third kappa shape index (κ3) is 3.88. The van der Waals surface area contributed by atoms with Gasteiger partial charge in [-0.2, -0.15) is 4.98 Å². The van der Waals surface area contributed by atoms with Crippen molar-refractivity contribution in [3.63, 3.8) is 0 Å². The van der Waals surface area contributed by atoms with Gasteiger partial charge in [0.05, 0.1) is 23.3 Å². The molecule has 4 rings (SSSR count). The van der Waals surface area contributed by atoms with Crippen molar-refractivity contribution in [1.82, 2.24) is 25.4 Å². The second-order valence-corrected chi connectivity index (χ2v) is 7.14. The third-order valence-electron chi connectivity index (χ3n) is 4.09. The normalized spacial score (nSPS) is 17.0. The van der Waals surface area contributed by atoms with Crippen LogP contribution in [0.4, 0.5) is 0 Å². The Kier molecular flexibility index (Phi) is 4.89. The number of nitrogens with one attached hydrogen (secondary N) is 2. The molecule has 1 aliphatic rings. The number of carbonyl (C=O) groups is 1. The first-order chi connectivity index (χ1) is 12.7. The third-order valence-corrected chi connectivity index (χ3v) is 4.96. The molecule has 3 heterocycles. The Balaban J connectivity index is 1.27. The van der Waals surface area contributed by atoms with Gasteiger partial charge in [-0.25, -0.2) is 4.98 Å². The summed E-state index contributed by atoms with van der Waals surface area (Å²) in [5, 5.41) is 7.39. The Labute approximate surface area is 154 Å². The molecule has 9 heteroatoms. The van der Waals surface area contributed by atoms with Gasteiger partial charge in [0.1, 0.15) is 6.10 Å². The van der Waals surface area contributed by atoms with Crippen LogP contribution in [0.15, 0.2) is 27.9 Å². The van der Waals surface area contributed by atoms with Crippen molar-refractivity contribution in [3.8, 4) is 0 Å². The van der Waals surface area contributed by atoms with Crippen LogP contribution in [-0.4, -0.2) is 38.4 Å². The first-order valence-corrected chi connectivity index (χ1v) is 9.46. The zero-order chi connectivity index (χ0) is 17.9. The smallest absolute Gasteiger partial charge is 0.255 e. The van der Waals surface area contributed by atoms with E-state index in [-0.39, 0.29) is 24.3 Å².